The van der Waals surface area contributed by atoms with Crippen LogP contribution in [-0.2, 0) is 32.0 Å². The number of amides is 2. The number of piperidine rings is 1. The molecule has 0 unspecified atom stereocenters. The Morgan fingerprint density at radius 2 is 1.54 bits per heavy atom. The fraction of sp³-hybridized carbons (Fsp3) is 0.484. The number of carbonyl (C=O) groups is 4. The zero-order valence-corrected chi connectivity index (χ0v) is 22.4. The summed E-state index contributed by atoms with van der Waals surface area (Å²) in [6.45, 7) is 1.19. The molecule has 4 atom stereocenters. The maximum absolute atomic E-state index is 13.6. The molecule has 2 saturated heterocycles. The highest BCUT2D eigenvalue weighted by Crippen LogP contribution is 2.25. The summed E-state index contributed by atoms with van der Waals surface area (Å²) < 4.78 is 0. The van der Waals surface area contributed by atoms with E-state index in [2.05, 4.69) is 10.6 Å². The second kappa shape index (κ2) is 14.0. The van der Waals surface area contributed by atoms with Crippen molar-refractivity contribution < 1.29 is 24.3 Å². The Kier molecular flexibility index (Phi) is 10.3. The van der Waals surface area contributed by atoms with Gasteiger partial charge in [0.2, 0.25) is 11.8 Å². The summed E-state index contributed by atoms with van der Waals surface area (Å²) in [5, 5.41) is 16.0. The van der Waals surface area contributed by atoms with Crippen molar-refractivity contribution in [1.82, 2.24) is 15.5 Å². The van der Waals surface area contributed by atoms with Gasteiger partial charge in [-0.25, -0.2) is 4.79 Å². The summed E-state index contributed by atoms with van der Waals surface area (Å²) in [6.07, 6.45) is 4.84. The maximum atomic E-state index is 13.6. The lowest BCUT2D eigenvalue weighted by molar-refractivity contribution is -0.150. The summed E-state index contributed by atoms with van der Waals surface area (Å²) >= 11 is 0. The first-order valence-corrected chi connectivity index (χ1v) is 14.1. The molecule has 0 aromatic heterocycles. The lowest BCUT2D eigenvalue weighted by Gasteiger charge is -2.28. The van der Waals surface area contributed by atoms with Crippen LogP contribution in [0, 0.1) is 5.92 Å². The summed E-state index contributed by atoms with van der Waals surface area (Å²) in [7, 11) is 0. The van der Waals surface area contributed by atoms with E-state index >= 15 is 0 Å². The van der Waals surface area contributed by atoms with Crippen molar-refractivity contribution in [3.63, 3.8) is 0 Å². The molecule has 2 fully saturated rings. The molecule has 0 saturated carbocycles. The number of ketones is 1. The van der Waals surface area contributed by atoms with Crippen LogP contribution in [0.3, 0.4) is 0 Å². The Bertz CT molecular complexity index is 1120. The van der Waals surface area contributed by atoms with Crippen molar-refractivity contribution in [2.75, 3.05) is 13.1 Å². The molecule has 2 heterocycles. The molecular weight excluding hydrogens is 494 g/mol. The number of hydrogen-bond acceptors (Lipinski definition) is 5. The molecule has 208 valence electrons. The van der Waals surface area contributed by atoms with Gasteiger partial charge in [-0.1, -0.05) is 67.1 Å². The normalized spacial score (nSPS) is 20.7. The van der Waals surface area contributed by atoms with E-state index in [0.717, 1.165) is 36.9 Å². The van der Waals surface area contributed by atoms with Gasteiger partial charge in [-0.05, 0) is 56.2 Å². The van der Waals surface area contributed by atoms with Crippen LogP contribution < -0.4 is 10.6 Å². The number of nitrogens with one attached hydrogen (secondary N) is 2. The fourth-order valence-corrected chi connectivity index (χ4v) is 5.75. The molecule has 0 aliphatic carbocycles. The van der Waals surface area contributed by atoms with Crippen molar-refractivity contribution in [1.29, 1.82) is 0 Å². The Morgan fingerprint density at radius 1 is 0.872 bits per heavy atom. The van der Waals surface area contributed by atoms with E-state index in [9.17, 15) is 24.3 Å². The molecule has 8 nitrogen and oxygen atoms in total. The number of carbonyl (C=O) groups excluding carboxylic acids is 3. The fourth-order valence-electron chi connectivity index (χ4n) is 5.75. The van der Waals surface area contributed by atoms with Crippen molar-refractivity contribution in [3.8, 4) is 0 Å². The van der Waals surface area contributed by atoms with Gasteiger partial charge in [-0.15, -0.1) is 0 Å². The van der Waals surface area contributed by atoms with E-state index in [-0.39, 0.29) is 36.5 Å². The van der Waals surface area contributed by atoms with Crippen LogP contribution in [0.2, 0.25) is 0 Å². The number of nitrogens with zero attached hydrogens (tertiary/aromatic N) is 1. The molecule has 4 rings (SSSR count). The van der Waals surface area contributed by atoms with Gasteiger partial charge < -0.3 is 20.6 Å². The highest BCUT2D eigenvalue weighted by Gasteiger charge is 2.38. The summed E-state index contributed by atoms with van der Waals surface area (Å²) in [6, 6.07) is 17.7. The van der Waals surface area contributed by atoms with Crippen LogP contribution in [0.25, 0.3) is 0 Å². The number of carboxylic acid groups (broad SMARTS) is 1. The Morgan fingerprint density at radius 3 is 2.15 bits per heavy atom. The first kappa shape index (κ1) is 28.5. The van der Waals surface area contributed by atoms with E-state index in [0.29, 0.717) is 32.2 Å². The summed E-state index contributed by atoms with van der Waals surface area (Å²) in [5.41, 5.74) is 1.94. The average molecular weight is 534 g/mol. The van der Waals surface area contributed by atoms with E-state index in [1.807, 2.05) is 60.7 Å². The molecule has 2 aliphatic rings. The number of aliphatic carboxylic acids is 1. The van der Waals surface area contributed by atoms with Gasteiger partial charge in [0, 0.05) is 31.3 Å². The van der Waals surface area contributed by atoms with Gasteiger partial charge >= 0.3 is 5.97 Å². The molecule has 2 aromatic rings. The SMILES string of the molecule is O=C(C[C@H](Cc1ccccc1)NC(=O)[C@@H]1CCCCN1)C[C@@H](Cc1ccccc1)C(=O)N1CCC[C@H]1C(=O)O. The molecule has 0 spiro atoms. The standard InChI is InChI=1S/C31H39N3O5/c35-26(21-25(19-23-12-5-2-6-13-23)33-29(36)27-14-7-8-16-32-27)20-24(18-22-10-3-1-4-11-22)30(37)34-17-9-15-28(34)31(38)39/h1-6,10-13,24-25,27-28,32H,7-9,14-21H2,(H,33,36)(H,38,39)/t24-,25+,27+,28+/m1/s1. The van der Waals surface area contributed by atoms with Crippen LogP contribution in [-0.4, -0.2) is 64.8 Å². The molecular formula is C31H39N3O5. The Hall–Kier alpha value is -3.52. The highest BCUT2D eigenvalue weighted by molar-refractivity contribution is 5.90. The molecule has 3 N–H and O–H groups in total. The third-order valence-electron chi connectivity index (χ3n) is 7.74. The van der Waals surface area contributed by atoms with Crippen LogP contribution in [0.5, 0.6) is 0 Å². The maximum Gasteiger partial charge on any atom is 0.326 e. The van der Waals surface area contributed by atoms with Crippen molar-refractivity contribution >= 4 is 23.6 Å². The van der Waals surface area contributed by atoms with Crippen molar-refractivity contribution in [2.24, 2.45) is 5.92 Å². The predicted octanol–water partition coefficient (Wildman–Crippen LogP) is 3.14. The number of hydrogen-bond donors (Lipinski definition) is 3. The summed E-state index contributed by atoms with van der Waals surface area (Å²) in [5.74, 6) is -2.16. The third kappa shape index (κ3) is 8.23. The zero-order chi connectivity index (χ0) is 27.6. The second-order valence-electron chi connectivity index (χ2n) is 10.8. The largest absolute Gasteiger partial charge is 0.480 e. The van der Waals surface area contributed by atoms with Gasteiger partial charge in [0.25, 0.3) is 0 Å². The first-order valence-electron chi connectivity index (χ1n) is 14.1. The van der Waals surface area contributed by atoms with Gasteiger partial charge in [-0.2, -0.15) is 0 Å². The van der Waals surface area contributed by atoms with E-state index in [4.69, 9.17) is 0 Å². The van der Waals surface area contributed by atoms with E-state index < -0.39 is 24.0 Å². The van der Waals surface area contributed by atoms with E-state index in [1.54, 1.807) is 0 Å². The summed E-state index contributed by atoms with van der Waals surface area (Å²) in [4.78, 5) is 53.3. The highest BCUT2D eigenvalue weighted by atomic mass is 16.4. The van der Waals surface area contributed by atoms with Crippen LogP contribution in [0.1, 0.15) is 56.1 Å². The Balaban J connectivity index is 1.48. The number of benzene rings is 2. The monoisotopic (exact) mass is 533 g/mol. The lowest BCUT2D eigenvalue weighted by Crippen LogP contribution is -2.50. The quantitative estimate of drug-likeness (QED) is 0.386. The molecule has 39 heavy (non-hydrogen) atoms. The molecule has 0 bridgehead atoms. The average Bonchev–Trinajstić information content (AvgIpc) is 3.44. The zero-order valence-electron chi connectivity index (χ0n) is 22.4. The topological polar surface area (TPSA) is 116 Å². The van der Waals surface area contributed by atoms with Gasteiger partial charge in [-0.3, -0.25) is 14.4 Å². The van der Waals surface area contributed by atoms with Crippen LogP contribution >= 0.6 is 0 Å². The Labute approximate surface area is 230 Å². The van der Waals surface area contributed by atoms with E-state index in [1.165, 1.54) is 4.90 Å². The minimum absolute atomic E-state index is 0.000590. The molecule has 2 aromatic carbocycles. The first-order chi connectivity index (χ1) is 18.9. The van der Waals surface area contributed by atoms with Gasteiger partial charge in [0.15, 0.2) is 0 Å². The predicted molar refractivity (Wildman–Crippen MR) is 148 cm³/mol. The number of rotatable bonds is 12. The lowest BCUT2D eigenvalue weighted by atomic mass is 9.89. The molecule has 8 heteroatoms. The number of Topliss-reactive ketones (excluding diaryl/α,β-unsaturated/α-hetero) is 1. The van der Waals surface area contributed by atoms with Crippen molar-refractivity contribution in [3.05, 3.63) is 71.8 Å². The molecule has 2 amide bonds. The van der Waals surface area contributed by atoms with Gasteiger partial charge in [0.05, 0.1) is 6.04 Å². The second-order valence-corrected chi connectivity index (χ2v) is 10.8. The minimum atomic E-state index is -1.01. The third-order valence-corrected chi connectivity index (χ3v) is 7.74. The minimum Gasteiger partial charge on any atom is -0.480 e. The van der Waals surface area contributed by atoms with Crippen LogP contribution in [0.15, 0.2) is 60.7 Å². The molecule has 2 aliphatic heterocycles. The molecule has 0 radical (unpaired) electrons. The number of carboxylic acids is 1. The number of likely N-dealkylation sites (tertiary alicyclic amines) is 1. The van der Waals surface area contributed by atoms with Crippen molar-refractivity contribution in [2.45, 2.75) is 75.9 Å². The van der Waals surface area contributed by atoms with Crippen LogP contribution in [0.4, 0.5) is 0 Å². The van der Waals surface area contributed by atoms with Gasteiger partial charge in [0.1, 0.15) is 11.8 Å². The smallest absolute Gasteiger partial charge is 0.326 e.